The number of hydrogen-bond donors (Lipinski definition) is 1. The molecule has 3 aromatic rings. The molecule has 0 aliphatic rings. The van der Waals surface area contributed by atoms with Crippen molar-refractivity contribution in [1.29, 1.82) is 5.26 Å². The summed E-state index contributed by atoms with van der Waals surface area (Å²) in [7, 11) is 4.81. The van der Waals surface area contributed by atoms with E-state index in [1.807, 2.05) is 29.6 Å². The minimum absolute atomic E-state index is 0.420. The van der Waals surface area contributed by atoms with E-state index in [2.05, 4.69) is 16.4 Å². The SMILES string of the molecule is COc1cccc(-c2csc(/C(C#N)=C\Nc3cc(OC)ccc3OC)n2)c1. The number of methoxy groups -OCH3 is 3. The van der Waals surface area contributed by atoms with Crippen LogP contribution < -0.4 is 19.5 Å². The number of thiazole rings is 1. The van der Waals surface area contributed by atoms with Crippen LogP contribution in [-0.4, -0.2) is 26.3 Å². The summed E-state index contributed by atoms with van der Waals surface area (Å²) in [6.07, 6.45) is 1.62. The van der Waals surface area contributed by atoms with E-state index in [1.165, 1.54) is 11.3 Å². The molecular formula is C21H19N3O3S. The van der Waals surface area contributed by atoms with E-state index >= 15 is 0 Å². The third kappa shape index (κ3) is 4.24. The highest BCUT2D eigenvalue weighted by Crippen LogP contribution is 2.31. The Morgan fingerprint density at radius 1 is 1.07 bits per heavy atom. The molecule has 2 aromatic carbocycles. The maximum absolute atomic E-state index is 9.58. The highest BCUT2D eigenvalue weighted by molar-refractivity contribution is 7.11. The molecule has 1 heterocycles. The molecule has 0 atom stereocenters. The van der Waals surface area contributed by atoms with E-state index < -0.39 is 0 Å². The number of aromatic nitrogens is 1. The molecule has 3 rings (SSSR count). The van der Waals surface area contributed by atoms with Crippen molar-refractivity contribution in [1.82, 2.24) is 4.98 Å². The molecule has 28 heavy (non-hydrogen) atoms. The van der Waals surface area contributed by atoms with Gasteiger partial charge in [-0.15, -0.1) is 11.3 Å². The average Bonchev–Trinajstić information content (AvgIpc) is 3.24. The number of ether oxygens (including phenoxy) is 3. The second-order valence-electron chi connectivity index (χ2n) is 5.65. The van der Waals surface area contributed by atoms with Crippen LogP contribution in [0.1, 0.15) is 5.01 Å². The monoisotopic (exact) mass is 393 g/mol. The molecule has 0 unspecified atom stereocenters. The van der Waals surface area contributed by atoms with Crippen molar-refractivity contribution < 1.29 is 14.2 Å². The maximum Gasteiger partial charge on any atom is 0.142 e. The van der Waals surface area contributed by atoms with Gasteiger partial charge in [0.05, 0.1) is 32.7 Å². The van der Waals surface area contributed by atoms with Crippen molar-refractivity contribution in [2.45, 2.75) is 0 Å². The first-order valence-electron chi connectivity index (χ1n) is 8.37. The summed E-state index contributed by atoms with van der Waals surface area (Å²) in [6.45, 7) is 0. The van der Waals surface area contributed by atoms with E-state index in [1.54, 1.807) is 45.7 Å². The second kappa shape index (κ2) is 8.93. The van der Waals surface area contributed by atoms with Crippen molar-refractivity contribution in [3.63, 3.8) is 0 Å². The number of nitriles is 1. The molecule has 0 aliphatic heterocycles. The molecule has 0 saturated heterocycles. The van der Waals surface area contributed by atoms with Crippen molar-refractivity contribution in [2.75, 3.05) is 26.6 Å². The van der Waals surface area contributed by atoms with Gasteiger partial charge in [-0.05, 0) is 24.3 Å². The topological polar surface area (TPSA) is 76.4 Å². The summed E-state index contributed by atoms with van der Waals surface area (Å²) in [6, 6.07) is 15.2. The molecule has 0 amide bonds. The zero-order valence-corrected chi connectivity index (χ0v) is 16.5. The Kier molecular flexibility index (Phi) is 6.14. The molecule has 0 radical (unpaired) electrons. The van der Waals surface area contributed by atoms with Gasteiger partial charge in [0.2, 0.25) is 0 Å². The number of nitrogens with one attached hydrogen (secondary N) is 1. The normalized spacial score (nSPS) is 10.9. The molecule has 0 bridgehead atoms. The summed E-state index contributed by atoms with van der Waals surface area (Å²) in [5, 5.41) is 15.2. The molecule has 6 nitrogen and oxygen atoms in total. The van der Waals surface area contributed by atoms with E-state index in [9.17, 15) is 5.26 Å². The Balaban J connectivity index is 1.86. The van der Waals surface area contributed by atoms with E-state index in [-0.39, 0.29) is 0 Å². The first-order valence-corrected chi connectivity index (χ1v) is 9.25. The summed E-state index contributed by atoms with van der Waals surface area (Å²) in [4.78, 5) is 4.59. The number of anilines is 1. The zero-order chi connectivity index (χ0) is 19.9. The van der Waals surface area contributed by atoms with Crippen LogP contribution in [0.3, 0.4) is 0 Å². The molecule has 0 fully saturated rings. The first-order chi connectivity index (χ1) is 13.7. The van der Waals surface area contributed by atoms with Gasteiger partial charge in [-0.3, -0.25) is 0 Å². The predicted octanol–water partition coefficient (Wildman–Crippen LogP) is 4.81. The quantitative estimate of drug-likeness (QED) is 0.581. The Morgan fingerprint density at radius 2 is 1.86 bits per heavy atom. The van der Waals surface area contributed by atoms with Crippen LogP contribution in [0.25, 0.3) is 16.8 Å². The minimum Gasteiger partial charge on any atom is -0.497 e. The summed E-state index contributed by atoms with van der Waals surface area (Å²) in [5.41, 5.74) is 2.84. The smallest absolute Gasteiger partial charge is 0.142 e. The lowest BCUT2D eigenvalue weighted by Gasteiger charge is -2.10. The molecular weight excluding hydrogens is 374 g/mol. The number of hydrogen-bond acceptors (Lipinski definition) is 7. The van der Waals surface area contributed by atoms with E-state index in [0.717, 1.165) is 17.0 Å². The third-order valence-electron chi connectivity index (χ3n) is 4.00. The van der Waals surface area contributed by atoms with Gasteiger partial charge in [0.15, 0.2) is 0 Å². The summed E-state index contributed by atoms with van der Waals surface area (Å²) < 4.78 is 15.8. The number of nitrogens with zero attached hydrogens (tertiary/aromatic N) is 2. The lowest BCUT2D eigenvalue weighted by atomic mass is 10.1. The molecule has 7 heteroatoms. The number of rotatable bonds is 7. The summed E-state index contributed by atoms with van der Waals surface area (Å²) in [5.74, 6) is 2.09. The zero-order valence-electron chi connectivity index (χ0n) is 15.7. The molecule has 1 aromatic heterocycles. The van der Waals surface area contributed by atoms with Crippen LogP contribution in [0.15, 0.2) is 54.0 Å². The van der Waals surface area contributed by atoms with Crippen LogP contribution in [0.2, 0.25) is 0 Å². The fourth-order valence-corrected chi connectivity index (χ4v) is 3.33. The van der Waals surface area contributed by atoms with Gasteiger partial charge in [-0.1, -0.05) is 12.1 Å². The predicted molar refractivity (Wildman–Crippen MR) is 111 cm³/mol. The van der Waals surface area contributed by atoms with Crippen molar-refractivity contribution in [3.8, 4) is 34.6 Å². The lowest BCUT2D eigenvalue weighted by Crippen LogP contribution is -1.96. The second-order valence-corrected chi connectivity index (χ2v) is 6.51. The molecule has 142 valence electrons. The van der Waals surface area contributed by atoms with Crippen molar-refractivity contribution in [2.24, 2.45) is 0 Å². The van der Waals surface area contributed by atoms with Crippen LogP contribution in [0.4, 0.5) is 5.69 Å². The highest BCUT2D eigenvalue weighted by atomic mass is 32.1. The highest BCUT2D eigenvalue weighted by Gasteiger charge is 2.11. The van der Waals surface area contributed by atoms with Gasteiger partial charge in [0, 0.05) is 23.2 Å². The van der Waals surface area contributed by atoms with Crippen LogP contribution in [-0.2, 0) is 0 Å². The average molecular weight is 393 g/mol. The van der Waals surface area contributed by atoms with Gasteiger partial charge in [0.1, 0.15) is 33.9 Å². The molecule has 0 saturated carbocycles. The summed E-state index contributed by atoms with van der Waals surface area (Å²) >= 11 is 1.40. The van der Waals surface area contributed by atoms with Gasteiger partial charge in [-0.2, -0.15) is 5.26 Å². The van der Waals surface area contributed by atoms with Crippen molar-refractivity contribution in [3.05, 3.63) is 59.1 Å². The lowest BCUT2D eigenvalue weighted by molar-refractivity contribution is 0.405. The largest absolute Gasteiger partial charge is 0.497 e. The van der Waals surface area contributed by atoms with Gasteiger partial charge >= 0.3 is 0 Å². The van der Waals surface area contributed by atoms with Crippen molar-refractivity contribution >= 4 is 22.6 Å². The minimum atomic E-state index is 0.420. The molecule has 1 N–H and O–H groups in total. The van der Waals surface area contributed by atoms with Gasteiger partial charge in [0.25, 0.3) is 0 Å². The van der Waals surface area contributed by atoms with E-state index in [0.29, 0.717) is 27.8 Å². The fourth-order valence-electron chi connectivity index (χ4n) is 2.53. The fraction of sp³-hybridized carbons (Fsp3) is 0.143. The molecule has 0 aliphatic carbocycles. The third-order valence-corrected chi connectivity index (χ3v) is 4.87. The van der Waals surface area contributed by atoms with Gasteiger partial charge < -0.3 is 19.5 Å². The number of allylic oxidation sites excluding steroid dienone is 1. The van der Waals surface area contributed by atoms with Gasteiger partial charge in [-0.25, -0.2) is 4.98 Å². The maximum atomic E-state index is 9.58. The molecule has 0 spiro atoms. The Morgan fingerprint density at radius 3 is 2.57 bits per heavy atom. The Labute approximate surface area is 167 Å². The Bertz CT molecular complexity index is 1040. The standard InChI is InChI=1S/C21H19N3O3S/c1-25-16-6-4-5-14(9-16)19-13-28-21(24-19)15(11-22)12-23-18-10-17(26-2)7-8-20(18)27-3/h4-10,12-13,23H,1-3H3/b15-12-. The van der Waals surface area contributed by atoms with Crippen LogP contribution >= 0.6 is 11.3 Å². The number of benzene rings is 2. The van der Waals surface area contributed by atoms with Crippen LogP contribution in [0.5, 0.6) is 17.2 Å². The first kappa shape index (κ1) is 19.3. The van der Waals surface area contributed by atoms with Crippen LogP contribution in [0, 0.1) is 11.3 Å². The van der Waals surface area contributed by atoms with E-state index in [4.69, 9.17) is 14.2 Å². The Hall–Kier alpha value is -3.50.